The van der Waals surface area contributed by atoms with Crippen molar-refractivity contribution in [3.8, 4) is 17.4 Å². The third kappa shape index (κ3) is 3.63. The molecule has 1 heterocycles. The van der Waals surface area contributed by atoms with E-state index >= 15 is 0 Å². The Kier molecular flexibility index (Phi) is 4.70. The first kappa shape index (κ1) is 16.6. The summed E-state index contributed by atoms with van der Waals surface area (Å²) in [5.74, 6) is 1.90. The minimum atomic E-state index is 0.271. The normalized spacial score (nSPS) is 10.4. The van der Waals surface area contributed by atoms with Gasteiger partial charge in [0.05, 0.1) is 7.11 Å². The van der Waals surface area contributed by atoms with E-state index in [4.69, 9.17) is 15.2 Å². The Morgan fingerprint density at radius 1 is 1.00 bits per heavy atom. The molecular formula is C19H20N4O2. The van der Waals surface area contributed by atoms with Crippen LogP contribution in [0.3, 0.4) is 0 Å². The van der Waals surface area contributed by atoms with Crippen LogP contribution in [0.2, 0.25) is 0 Å². The molecule has 128 valence electrons. The lowest BCUT2D eigenvalue weighted by molar-refractivity contribution is 0.374. The summed E-state index contributed by atoms with van der Waals surface area (Å²) < 4.78 is 11.1. The van der Waals surface area contributed by atoms with E-state index in [1.165, 1.54) is 6.33 Å². The Morgan fingerprint density at radius 3 is 2.52 bits per heavy atom. The molecule has 3 rings (SSSR count). The fourth-order valence-electron chi connectivity index (χ4n) is 2.37. The summed E-state index contributed by atoms with van der Waals surface area (Å²) in [6.07, 6.45) is 1.41. The predicted molar refractivity (Wildman–Crippen MR) is 98.7 cm³/mol. The maximum Gasteiger partial charge on any atom is 0.248 e. The van der Waals surface area contributed by atoms with Gasteiger partial charge in [0.15, 0.2) is 17.3 Å². The molecule has 3 aromatic rings. The number of rotatable bonds is 5. The number of methoxy groups -OCH3 is 1. The Hall–Kier alpha value is -3.28. The van der Waals surface area contributed by atoms with E-state index in [0.717, 1.165) is 16.8 Å². The third-order valence-corrected chi connectivity index (χ3v) is 3.77. The van der Waals surface area contributed by atoms with Crippen LogP contribution >= 0.6 is 0 Å². The fraction of sp³-hybridized carbons (Fsp3) is 0.158. The molecule has 0 aliphatic carbocycles. The molecule has 0 saturated carbocycles. The van der Waals surface area contributed by atoms with E-state index in [2.05, 4.69) is 21.4 Å². The van der Waals surface area contributed by atoms with Gasteiger partial charge >= 0.3 is 0 Å². The number of para-hydroxylation sites is 2. The Bertz CT molecular complexity index is 896. The number of benzene rings is 2. The molecule has 1 aromatic heterocycles. The number of nitrogens with two attached hydrogens (primary N) is 1. The van der Waals surface area contributed by atoms with Gasteiger partial charge in [0.2, 0.25) is 5.88 Å². The van der Waals surface area contributed by atoms with Gasteiger partial charge < -0.3 is 20.5 Å². The minimum absolute atomic E-state index is 0.271. The minimum Gasteiger partial charge on any atom is -0.493 e. The van der Waals surface area contributed by atoms with Crippen molar-refractivity contribution in [1.82, 2.24) is 9.97 Å². The average molecular weight is 336 g/mol. The van der Waals surface area contributed by atoms with Gasteiger partial charge in [-0.25, -0.2) is 4.98 Å². The molecule has 0 unspecified atom stereocenters. The first-order valence-corrected chi connectivity index (χ1v) is 7.84. The van der Waals surface area contributed by atoms with E-state index in [1.54, 1.807) is 13.2 Å². The van der Waals surface area contributed by atoms with Crippen LogP contribution in [0.1, 0.15) is 11.1 Å². The molecule has 0 fully saturated rings. The van der Waals surface area contributed by atoms with Gasteiger partial charge in [-0.1, -0.05) is 24.3 Å². The van der Waals surface area contributed by atoms with Gasteiger partial charge in [-0.2, -0.15) is 4.98 Å². The van der Waals surface area contributed by atoms with E-state index < -0.39 is 0 Å². The number of nitrogen functional groups attached to an aromatic ring is 1. The third-order valence-electron chi connectivity index (χ3n) is 3.77. The largest absolute Gasteiger partial charge is 0.493 e. The van der Waals surface area contributed by atoms with Crippen molar-refractivity contribution < 1.29 is 9.47 Å². The van der Waals surface area contributed by atoms with Crippen LogP contribution in [-0.4, -0.2) is 17.1 Å². The summed E-state index contributed by atoms with van der Waals surface area (Å²) in [5.41, 5.74) is 9.71. The molecule has 0 radical (unpaired) electrons. The van der Waals surface area contributed by atoms with Crippen molar-refractivity contribution in [3.63, 3.8) is 0 Å². The lowest BCUT2D eigenvalue weighted by Crippen LogP contribution is -2.04. The van der Waals surface area contributed by atoms with Crippen molar-refractivity contribution in [3.05, 3.63) is 59.9 Å². The number of ether oxygens (including phenoxy) is 2. The van der Waals surface area contributed by atoms with Crippen LogP contribution in [0.5, 0.6) is 17.4 Å². The van der Waals surface area contributed by atoms with Crippen LogP contribution in [0, 0.1) is 13.8 Å². The molecule has 3 N–H and O–H groups in total. The molecule has 0 amide bonds. The number of anilines is 3. The van der Waals surface area contributed by atoms with Gasteiger partial charge in [0.1, 0.15) is 12.0 Å². The molecule has 0 bridgehead atoms. The van der Waals surface area contributed by atoms with Crippen LogP contribution in [0.25, 0.3) is 0 Å². The lowest BCUT2D eigenvalue weighted by Gasteiger charge is -2.14. The summed E-state index contributed by atoms with van der Waals surface area (Å²) in [7, 11) is 1.58. The zero-order chi connectivity index (χ0) is 17.8. The topological polar surface area (TPSA) is 82.3 Å². The van der Waals surface area contributed by atoms with Crippen molar-refractivity contribution in [2.24, 2.45) is 0 Å². The second kappa shape index (κ2) is 7.09. The van der Waals surface area contributed by atoms with E-state index in [1.807, 2.05) is 44.2 Å². The van der Waals surface area contributed by atoms with Gasteiger partial charge in [0, 0.05) is 5.69 Å². The summed E-state index contributed by atoms with van der Waals surface area (Å²) in [5, 5.41) is 3.25. The Balaban J connectivity index is 1.91. The summed E-state index contributed by atoms with van der Waals surface area (Å²) in [4.78, 5) is 8.37. The highest BCUT2D eigenvalue weighted by Gasteiger charge is 2.13. The van der Waals surface area contributed by atoms with Crippen LogP contribution in [0.4, 0.5) is 17.2 Å². The average Bonchev–Trinajstić information content (AvgIpc) is 2.62. The zero-order valence-electron chi connectivity index (χ0n) is 14.4. The van der Waals surface area contributed by atoms with Crippen molar-refractivity contribution in [1.29, 1.82) is 0 Å². The van der Waals surface area contributed by atoms with Gasteiger partial charge in [-0.05, 0) is 43.2 Å². The van der Waals surface area contributed by atoms with Crippen LogP contribution in [-0.2, 0) is 0 Å². The SMILES string of the molecule is COc1ccccc1Oc1ncnc(Nc2cc(C)ccc2C)c1N. The molecule has 6 nitrogen and oxygen atoms in total. The first-order valence-electron chi connectivity index (χ1n) is 7.84. The molecule has 0 aliphatic rings. The monoisotopic (exact) mass is 336 g/mol. The number of aryl methyl sites for hydroxylation is 2. The van der Waals surface area contributed by atoms with Crippen molar-refractivity contribution >= 4 is 17.2 Å². The van der Waals surface area contributed by atoms with Gasteiger partial charge in [0.25, 0.3) is 0 Å². The van der Waals surface area contributed by atoms with E-state index in [0.29, 0.717) is 23.0 Å². The standard InChI is InChI=1S/C19H20N4O2/c1-12-8-9-13(2)14(10-12)23-18-17(20)19(22-11-21-18)25-16-7-5-4-6-15(16)24-3/h4-11H,20H2,1-3H3,(H,21,22,23). The molecular weight excluding hydrogens is 316 g/mol. The maximum atomic E-state index is 6.21. The van der Waals surface area contributed by atoms with E-state index in [9.17, 15) is 0 Å². The van der Waals surface area contributed by atoms with Crippen LogP contribution < -0.4 is 20.5 Å². The number of nitrogens with one attached hydrogen (secondary N) is 1. The first-order chi connectivity index (χ1) is 12.1. The molecule has 0 saturated heterocycles. The highest BCUT2D eigenvalue weighted by atomic mass is 16.5. The Labute approximate surface area is 146 Å². The Morgan fingerprint density at radius 2 is 1.76 bits per heavy atom. The number of hydrogen-bond acceptors (Lipinski definition) is 6. The van der Waals surface area contributed by atoms with Crippen LogP contribution in [0.15, 0.2) is 48.8 Å². The fourth-order valence-corrected chi connectivity index (χ4v) is 2.37. The summed E-state index contributed by atoms with van der Waals surface area (Å²) in [6.45, 7) is 4.05. The quantitative estimate of drug-likeness (QED) is 0.726. The number of nitrogens with zero attached hydrogens (tertiary/aromatic N) is 2. The molecule has 2 aromatic carbocycles. The lowest BCUT2D eigenvalue weighted by atomic mass is 10.1. The second-order valence-electron chi connectivity index (χ2n) is 5.64. The van der Waals surface area contributed by atoms with Gasteiger partial charge in [-0.15, -0.1) is 0 Å². The van der Waals surface area contributed by atoms with E-state index in [-0.39, 0.29) is 5.88 Å². The molecule has 25 heavy (non-hydrogen) atoms. The number of aromatic nitrogens is 2. The smallest absolute Gasteiger partial charge is 0.248 e. The highest BCUT2D eigenvalue weighted by molar-refractivity contribution is 5.74. The molecule has 6 heteroatoms. The maximum absolute atomic E-state index is 6.21. The molecule has 0 aliphatic heterocycles. The summed E-state index contributed by atoms with van der Waals surface area (Å²) in [6, 6.07) is 13.5. The van der Waals surface area contributed by atoms with Crippen molar-refractivity contribution in [2.75, 3.05) is 18.2 Å². The molecule has 0 spiro atoms. The summed E-state index contributed by atoms with van der Waals surface area (Å²) >= 11 is 0. The highest BCUT2D eigenvalue weighted by Crippen LogP contribution is 2.35. The number of hydrogen-bond donors (Lipinski definition) is 2. The zero-order valence-corrected chi connectivity index (χ0v) is 14.4. The molecule has 0 atom stereocenters. The van der Waals surface area contributed by atoms with Gasteiger partial charge in [-0.3, -0.25) is 0 Å². The predicted octanol–water partition coefficient (Wildman–Crippen LogP) is 4.22. The van der Waals surface area contributed by atoms with Crippen molar-refractivity contribution in [2.45, 2.75) is 13.8 Å². The second-order valence-corrected chi connectivity index (χ2v) is 5.64.